The lowest BCUT2D eigenvalue weighted by Crippen LogP contribution is -2.23. The molecule has 0 unspecified atom stereocenters. The number of aryl methyl sites for hydroxylation is 1. The van der Waals surface area contributed by atoms with E-state index in [2.05, 4.69) is 10.0 Å². The van der Waals surface area contributed by atoms with Gasteiger partial charge in [0.2, 0.25) is 10.0 Å². The molecule has 1 heterocycles. The SMILES string of the molecule is Cc1ccccc1C(=O)Nc1ccc(S(=O)(=O)NCc2ccco2)cc1. The monoisotopic (exact) mass is 370 g/mol. The molecule has 1 amide bonds. The summed E-state index contributed by atoms with van der Waals surface area (Å²) in [5.74, 6) is 0.283. The number of carbonyl (C=O) groups is 1. The summed E-state index contributed by atoms with van der Waals surface area (Å²) in [7, 11) is -3.66. The van der Waals surface area contributed by atoms with Gasteiger partial charge >= 0.3 is 0 Å². The van der Waals surface area contributed by atoms with Crippen molar-refractivity contribution in [1.82, 2.24) is 4.72 Å². The highest BCUT2D eigenvalue weighted by atomic mass is 32.2. The first-order valence-corrected chi connectivity index (χ1v) is 9.43. The topological polar surface area (TPSA) is 88.4 Å². The zero-order valence-corrected chi connectivity index (χ0v) is 14.9. The molecule has 0 fully saturated rings. The van der Waals surface area contributed by atoms with E-state index in [9.17, 15) is 13.2 Å². The minimum atomic E-state index is -3.66. The molecule has 134 valence electrons. The molecule has 7 heteroatoms. The normalized spacial score (nSPS) is 11.3. The molecule has 2 N–H and O–H groups in total. The second-order valence-corrected chi connectivity index (χ2v) is 7.46. The van der Waals surface area contributed by atoms with Crippen molar-refractivity contribution in [3.05, 3.63) is 83.8 Å². The molecule has 26 heavy (non-hydrogen) atoms. The highest BCUT2D eigenvalue weighted by Gasteiger charge is 2.15. The highest BCUT2D eigenvalue weighted by Crippen LogP contribution is 2.16. The van der Waals surface area contributed by atoms with E-state index in [1.165, 1.54) is 18.4 Å². The second kappa shape index (κ2) is 7.55. The van der Waals surface area contributed by atoms with Gasteiger partial charge in [-0.2, -0.15) is 0 Å². The van der Waals surface area contributed by atoms with Crippen molar-refractivity contribution in [3.8, 4) is 0 Å². The van der Waals surface area contributed by atoms with Gasteiger partial charge in [-0.1, -0.05) is 18.2 Å². The summed E-state index contributed by atoms with van der Waals surface area (Å²) in [6.07, 6.45) is 1.48. The van der Waals surface area contributed by atoms with Crippen molar-refractivity contribution >= 4 is 21.6 Å². The minimum Gasteiger partial charge on any atom is -0.468 e. The summed E-state index contributed by atoms with van der Waals surface area (Å²) >= 11 is 0. The van der Waals surface area contributed by atoms with Gasteiger partial charge in [0.25, 0.3) is 5.91 Å². The Balaban J connectivity index is 1.68. The van der Waals surface area contributed by atoms with E-state index in [0.29, 0.717) is 17.0 Å². The molecule has 0 aliphatic carbocycles. The Bertz CT molecular complexity index is 994. The standard InChI is InChI=1S/C19H18N2O4S/c1-14-5-2-3-7-18(14)19(22)21-15-8-10-17(11-9-15)26(23,24)20-13-16-6-4-12-25-16/h2-12,20H,13H2,1H3,(H,21,22). The van der Waals surface area contributed by atoms with Crippen LogP contribution in [0.2, 0.25) is 0 Å². The van der Waals surface area contributed by atoms with Crippen LogP contribution in [0.5, 0.6) is 0 Å². The van der Waals surface area contributed by atoms with Crippen LogP contribution in [-0.2, 0) is 16.6 Å². The lowest BCUT2D eigenvalue weighted by atomic mass is 10.1. The smallest absolute Gasteiger partial charge is 0.255 e. The van der Waals surface area contributed by atoms with Crippen LogP contribution < -0.4 is 10.0 Å². The molecule has 0 radical (unpaired) electrons. The zero-order valence-electron chi connectivity index (χ0n) is 14.1. The summed E-state index contributed by atoms with van der Waals surface area (Å²) in [6, 6.07) is 16.6. The molecule has 0 atom stereocenters. The molecular formula is C19H18N2O4S. The first kappa shape index (κ1) is 17.9. The Labute approximate surface area is 151 Å². The van der Waals surface area contributed by atoms with E-state index in [0.717, 1.165) is 5.56 Å². The first-order chi connectivity index (χ1) is 12.5. The van der Waals surface area contributed by atoms with Crippen LogP contribution in [0, 0.1) is 6.92 Å². The molecule has 3 aromatic rings. The summed E-state index contributed by atoms with van der Waals surface area (Å²) < 4.78 is 32.1. The Hall–Kier alpha value is -2.90. The number of amides is 1. The number of sulfonamides is 1. The predicted molar refractivity (Wildman–Crippen MR) is 98.3 cm³/mol. The fourth-order valence-electron chi connectivity index (χ4n) is 2.41. The van der Waals surface area contributed by atoms with Crippen molar-refractivity contribution in [3.63, 3.8) is 0 Å². The summed E-state index contributed by atoms with van der Waals surface area (Å²) in [4.78, 5) is 12.4. The van der Waals surface area contributed by atoms with E-state index >= 15 is 0 Å². The maximum atomic E-state index is 12.3. The number of furan rings is 1. The molecule has 0 aliphatic heterocycles. The average Bonchev–Trinajstić information content (AvgIpc) is 3.14. The lowest BCUT2D eigenvalue weighted by molar-refractivity contribution is 0.102. The number of hydrogen-bond donors (Lipinski definition) is 2. The Kier molecular flexibility index (Phi) is 5.20. The highest BCUT2D eigenvalue weighted by molar-refractivity contribution is 7.89. The van der Waals surface area contributed by atoms with Gasteiger partial charge in [-0.05, 0) is 55.0 Å². The van der Waals surface area contributed by atoms with Crippen LogP contribution in [0.15, 0.2) is 76.2 Å². The largest absolute Gasteiger partial charge is 0.468 e. The third kappa shape index (κ3) is 4.19. The van der Waals surface area contributed by atoms with Crippen LogP contribution >= 0.6 is 0 Å². The van der Waals surface area contributed by atoms with Crippen LogP contribution in [-0.4, -0.2) is 14.3 Å². The average molecular weight is 370 g/mol. The molecule has 0 saturated heterocycles. The molecule has 2 aromatic carbocycles. The van der Waals surface area contributed by atoms with E-state index < -0.39 is 10.0 Å². The Morgan fingerprint density at radius 1 is 1.00 bits per heavy atom. The molecule has 0 saturated carbocycles. The van der Waals surface area contributed by atoms with Crippen LogP contribution in [0.4, 0.5) is 5.69 Å². The number of benzene rings is 2. The van der Waals surface area contributed by atoms with Crippen molar-refractivity contribution < 1.29 is 17.6 Å². The van der Waals surface area contributed by atoms with Gasteiger partial charge in [-0.3, -0.25) is 4.79 Å². The minimum absolute atomic E-state index is 0.0705. The van der Waals surface area contributed by atoms with Gasteiger partial charge in [0.15, 0.2) is 0 Å². The van der Waals surface area contributed by atoms with E-state index in [-0.39, 0.29) is 17.3 Å². The van der Waals surface area contributed by atoms with E-state index in [1.54, 1.807) is 36.4 Å². The predicted octanol–water partition coefficient (Wildman–Crippen LogP) is 3.32. The zero-order chi connectivity index (χ0) is 18.6. The molecule has 6 nitrogen and oxygen atoms in total. The van der Waals surface area contributed by atoms with Gasteiger partial charge in [-0.25, -0.2) is 13.1 Å². The second-order valence-electron chi connectivity index (χ2n) is 5.70. The molecular weight excluding hydrogens is 352 g/mol. The summed E-state index contributed by atoms with van der Waals surface area (Å²) in [5, 5.41) is 2.76. The van der Waals surface area contributed by atoms with E-state index in [1.807, 2.05) is 19.1 Å². The third-order valence-electron chi connectivity index (χ3n) is 3.83. The number of rotatable bonds is 6. The molecule has 1 aromatic heterocycles. The van der Waals surface area contributed by atoms with Gasteiger partial charge in [-0.15, -0.1) is 0 Å². The molecule has 3 rings (SSSR count). The van der Waals surface area contributed by atoms with Gasteiger partial charge in [0.1, 0.15) is 5.76 Å². The maximum absolute atomic E-state index is 12.3. The molecule has 0 spiro atoms. The van der Waals surface area contributed by atoms with Crippen LogP contribution in [0.3, 0.4) is 0 Å². The maximum Gasteiger partial charge on any atom is 0.255 e. The van der Waals surface area contributed by atoms with Crippen molar-refractivity contribution in [2.45, 2.75) is 18.4 Å². The van der Waals surface area contributed by atoms with E-state index in [4.69, 9.17) is 4.42 Å². The molecule has 0 aliphatic rings. The molecule has 0 bridgehead atoms. The summed E-state index contributed by atoms with van der Waals surface area (Å²) in [6.45, 7) is 1.93. The number of hydrogen-bond acceptors (Lipinski definition) is 4. The Morgan fingerprint density at radius 3 is 2.38 bits per heavy atom. The van der Waals surface area contributed by atoms with Crippen molar-refractivity contribution in [2.24, 2.45) is 0 Å². The van der Waals surface area contributed by atoms with Crippen LogP contribution in [0.25, 0.3) is 0 Å². The van der Waals surface area contributed by atoms with Gasteiger partial charge < -0.3 is 9.73 Å². The van der Waals surface area contributed by atoms with Crippen molar-refractivity contribution in [1.29, 1.82) is 0 Å². The summed E-state index contributed by atoms with van der Waals surface area (Å²) in [5.41, 5.74) is 1.96. The fraction of sp³-hybridized carbons (Fsp3) is 0.105. The van der Waals surface area contributed by atoms with Gasteiger partial charge in [0.05, 0.1) is 17.7 Å². The fourth-order valence-corrected chi connectivity index (χ4v) is 3.40. The van der Waals surface area contributed by atoms with Crippen molar-refractivity contribution in [2.75, 3.05) is 5.32 Å². The Morgan fingerprint density at radius 2 is 1.73 bits per heavy atom. The lowest BCUT2D eigenvalue weighted by Gasteiger charge is -2.09. The first-order valence-electron chi connectivity index (χ1n) is 7.95. The van der Waals surface area contributed by atoms with Crippen LogP contribution in [0.1, 0.15) is 21.7 Å². The third-order valence-corrected chi connectivity index (χ3v) is 5.25. The number of nitrogens with one attached hydrogen (secondary N) is 2. The quantitative estimate of drug-likeness (QED) is 0.697. The van der Waals surface area contributed by atoms with Gasteiger partial charge in [0, 0.05) is 11.3 Å². The number of anilines is 1. The number of carbonyl (C=O) groups excluding carboxylic acids is 1.